The molecule has 41 heavy (non-hydrogen) atoms. The van der Waals surface area contributed by atoms with Crippen molar-refractivity contribution >= 4 is 20.1 Å². The Morgan fingerprint density at radius 1 is 1.17 bits per heavy atom. The number of carboxylic acid groups (broad SMARTS) is 1. The number of carboxylic acids is 1. The molecule has 228 valence electrons. The minimum atomic E-state index is -1.24. The number of aromatic nitrogens is 5. The third-order valence-corrected chi connectivity index (χ3v) is 9.08. The number of rotatable bonds is 13. The second-order valence-corrected chi connectivity index (χ2v) is 18.9. The van der Waals surface area contributed by atoms with Gasteiger partial charge in [0.1, 0.15) is 12.3 Å². The Labute approximate surface area is 245 Å². The summed E-state index contributed by atoms with van der Waals surface area (Å²) >= 11 is 0. The van der Waals surface area contributed by atoms with Gasteiger partial charge in [-0.3, -0.25) is 9.78 Å². The van der Waals surface area contributed by atoms with Gasteiger partial charge in [0.25, 0.3) is 0 Å². The monoisotopic (exact) mass is 588 g/mol. The Bertz CT molecular complexity index is 1120. The van der Waals surface area contributed by atoms with Crippen molar-refractivity contribution in [2.24, 2.45) is 5.92 Å². The van der Waals surface area contributed by atoms with Gasteiger partial charge >= 0.3 is 12.1 Å². The molecule has 3 rings (SSSR count). The summed E-state index contributed by atoms with van der Waals surface area (Å²) in [6.07, 6.45) is 4.92. The van der Waals surface area contributed by atoms with Gasteiger partial charge in [-0.25, -0.2) is 9.48 Å². The molecular weight excluding hydrogens is 540 g/mol. The molecule has 1 N–H and O–H groups in total. The molecule has 2 aromatic rings. The lowest BCUT2D eigenvalue weighted by Crippen LogP contribution is -2.41. The highest BCUT2D eigenvalue weighted by Crippen LogP contribution is 2.32. The van der Waals surface area contributed by atoms with Gasteiger partial charge < -0.3 is 19.5 Å². The van der Waals surface area contributed by atoms with Gasteiger partial charge in [-0.2, -0.15) is 0 Å². The van der Waals surface area contributed by atoms with Gasteiger partial charge in [-0.1, -0.05) is 39.1 Å². The van der Waals surface area contributed by atoms with Gasteiger partial charge in [-0.05, 0) is 74.6 Å². The summed E-state index contributed by atoms with van der Waals surface area (Å²) in [6.45, 7) is 16.6. The topological polar surface area (TPSA) is 133 Å². The predicted molar refractivity (Wildman–Crippen MR) is 158 cm³/mol. The maximum Gasteiger partial charge on any atom is 0.410 e. The van der Waals surface area contributed by atoms with E-state index in [-0.39, 0.29) is 18.7 Å². The van der Waals surface area contributed by atoms with Crippen LogP contribution in [-0.2, 0) is 27.4 Å². The zero-order valence-corrected chi connectivity index (χ0v) is 26.8. The Morgan fingerprint density at radius 3 is 2.44 bits per heavy atom. The largest absolute Gasteiger partial charge is 0.481 e. The van der Waals surface area contributed by atoms with E-state index in [4.69, 9.17) is 14.5 Å². The molecule has 3 heterocycles. The Hall–Kier alpha value is -2.86. The Morgan fingerprint density at radius 2 is 1.88 bits per heavy atom. The average molecular weight is 589 g/mol. The first-order chi connectivity index (χ1) is 19.3. The molecule has 1 saturated heterocycles. The third kappa shape index (κ3) is 10.2. The molecule has 1 unspecified atom stereocenters. The van der Waals surface area contributed by atoms with Gasteiger partial charge in [-0.15, -0.1) is 5.10 Å². The van der Waals surface area contributed by atoms with Crippen LogP contribution in [0.15, 0.2) is 18.3 Å². The minimum Gasteiger partial charge on any atom is -0.481 e. The first kappa shape index (κ1) is 32.6. The molecule has 2 aromatic heterocycles. The number of tetrazole rings is 1. The number of likely N-dealkylation sites (tertiary alicyclic amines) is 1. The quantitative estimate of drug-likeness (QED) is 0.244. The molecule has 0 aromatic carbocycles. The lowest BCUT2D eigenvalue weighted by molar-refractivity contribution is -0.143. The van der Waals surface area contributed by atoms with E-state index in [1.807, 2.05) is 46.0 Å². The second kappa shape index (κ2) is 14.3. The second-order valence-electron chi connectivity index (χ2n) is 13.3. The van der Waals surface area contributed by atoms with Crippen molar-refractivity contribution in [3.05, 3.63) is 35.4 Å². The summed E-state index contributed by atoms with van der Waals surface area (Å²) < 4.78 is 13.0. The normalized spacial score (nSPS) is 16.4. The van der Waals surface area contributed by atoms with Crippen LogP contribution in [0, 0.1) is 5.92 Å². The number of amides is 1. The van der Waals surface area contributed by atoms with Crippen molar-refractivity contribution in [1.82, 2.24) is 30.1 Å². The summed E-state index contributed by atoms with van der Waals surface area (Å²) in [7, 11) is -1.24. The van der Waals surface area contributed by atoms with Crippen LogP contribution in [0.3, 0.4) is 0 Å². The highest BCUT2D eigenvalue weighted by molar-refractivity contribution is 6.76. The highest BCUT2D eigenvalue weighted by Gasteiger charge is 2.34. The molecule has 2 atom stereocenters. The minimum absolute atomic E-state index is 0.195. The maximum absolute atomic E-state index is 12.4. The summed E-state index contributed by atoms with van der Waals surface area (Å²) in [4.78, 5) is 31.3. The molecule has 1 fully saturated rings. The number of hydrogen-bond donors (Lipinski definition) is 1. The van der Waals surface area contributed by atoms with Crippen molar-refractivity contribution in [3.63, 3.8) is 0 Å². The summed E-state index contributed by atoms with van der Waals surface area (Å²) in [5, 5.41) is 22.4. The first-order valence-corrected chi connectivity index (χ1v) is 18.5. The van der Waals surface area contributed by atoms with Crippen molar-refractivity contribution < 1.29 is 24.2 Å². The summed E-state index contributed by atoms with van der Waals surface area (Å²) in [5.41, 5.74) is 1.41. The molecule has 11 nitrogen and oxygen atoms in total. The molecule has 0 aliphatic carbocycles. The lowest BCUT2D eigenvalue weighted by Gasteiger charge is -2.33. The van der Waals surface area contributed by atoms with E-state index >= 15 is 0 Å². The molecule has 0 saturated carbocycles. The number of aliphatic carboxylic acids is 1. The van der Waals surface area contributed by atoms with Crippen LogP contribution in [0.25, 0.3) is 0 Å². The number of pyridine rings is 1. The average Bonchev–Trinajstić information content (AvgIpc) is 3.36. The van der Waals surface area contributed by atoms with Gasteiger partial charge in [0.2, 0.25) is 0 Å². The molecule has 0 radical (unpaired) electrons. The third-order valence-electron chi connectivity index (χ3n) is 7.37. The highest BCUT2D eigenvalue weighted by atomic mass is 28.3. The van der Waals surface area contributed by atoms with Gasteiger partial charge in [0.05, 0.1) is 5.92 Å². The fraction of sp³-hybridized carbons (Fsp3) is 0.724. The fourth-order valence-electron chi connectivity index (χ4n) is 5.06. The smallest absolute Gasteiger partial charge is 0.410 e. The number of carbonyl (C=O) groups is 2. The maximum atomic E-state index is 12.4. The first-order valence-electron chi connectivity index (χ1n) is 14.8. The zero-order chi connectivity index (χ0) is 30.2. The van der Waals surface area contributed by atoms with Crippen LogP contribution in [0.5, 0.6) is 0 Å². The van der Waals surface area contributed by atoms with Crippen LogP contribution >= 0.6 is 0 Å². The van der Waals surface area contributed by atoms with Crippen molar-refractivity contribution in [2.75, 3.05) is 19.7 Å². The summed E-state index contributed by atoms with van der Waals surface area (Å²) in [5.74, 6) is -1.13. The van der Waals surface area contributed by atoms with Gasteiger partial charge in [0.15, 0.2) is 5.82 Å². The van der Waals surface area contributed by atoms with Crippen LogP contribution in [-0.4, -0.2) is 80.6 Å². The molecule has 0 bridgehead atoms. The zero-order valence-electron chi connectivity index (χ0n) is 25.8. The van der Waals surface area contributed by atoms with E-state index in [9.17, 15) is 14.7 Å². The number of carbonyl (C=O) groups excluding carboxylic acids is 1. The fourth-order valence-corrected chi connectivity index (χ4v) is 5.81. The van der Waals surface area contributed by atoms with E-state index in [0.717, 1.165) is 36.6 Å². The van der Waals surface area contributed by atoms with E-state index in [1.54, 1.807) is 9.58 Å². The standard InChI is InChI=1S/C29H48N6O5Si/c1-8-9-23(27(36)37)24(26-31-32-33-35(26)20-39-16-17-41(5,6)7)18-21-10-11-25(30-19-21)22-12-14-34(15-13-22)28(38)40-29(2,3)4/h10-11,19,22-24H,8-9,12-18,20H2,1-7H3,(H,36,37)/t23?,24-/m0/s1. The molecule has 1 amide bonds. The number of nitrogens with zero attached hydrogens (tertiary/aromatic N) is 6. The van der Waals surface area contributed by atoms with Crippen LogP contribution < -0.4 is 0 Å². The van der Waals surface area contributed by atoms with E-state index in [1.165, 1.54) is 0 Å². The van der Waals surface area contributed by atoms with E-state index < -0.39 is 31.5 Å². The van der Waals surface area contributed by atoms with E-state index in [0.29, 0.717) is 38.4 Å². The predicted octanol–water partition coefficient (Wildman–Crippen LogP) is 5.32. The number of ether oxygens (including phenoxy) is 2. The Kier molecular flexibility index (Phi) is 11.4. The molecule has 1 aliphatic rings. The molecular formula is C29H48N6O5Si. The van der Waals surface area contributed by atoms with Crippen LogP contribution in [0.2, 0.25) is 25.7 Å². The van der Waals surface area contributed by atoms with Crippen molar-refractivity contribution in [2.45, 2.75) is 110 Å². The van der Waals surface area contributed by atoms with Crippen molar-refractivity contribution in [3.8, 4) is 0 Å². The SMILES string of the molecule is CCCC(C(=O)O)[C@H](Cc1ccc(C2CCN(C(=O)OC(C)(C)C)CC2)nc1)c1nnnn1COCC[Si](C)(C)C. The van der Waals surface area contributed by atoms with Crippen LogP contribution in [0.1, 0.15) is 82.3 Å². The lowest BCUT2D eigenvalue weighted by atomic mass is 9.83. The number of hydrogen-bond acceptors (Lipinski definition) is 8. The molecule has 12 heteroatoms. The molecule has 0 spiro atoms. The van der Waals surface area contributed by atoms with Gasteiger partial charge in [0, 0.05) is 51.5 Å². The molecule has 1 aliphatic heterocycles. The van der Waals surface area contributed by atoms with Crippen LogP contribution in [0.4, 0.5) is 4.79 Å². The number of piperidine rings is 1. The van der Waals surface area contributed by atoms with Crippen molar-refractivity contribution in [1.29, 1.82) is 0 Å². The summed E-state index contributed by atoms with van der Waals surface area (Å²) in [6, 6.07) is 5.08. The Balaban J connectivity index is 1.69. The van der Waals surface area contributed by atoms with E-state index in [2.05, 4.69) is 35.2 Å².